The normalized spacial score (nSPS) is 11.2. The summed E-state index contributed by atoms with van der Waals surface area (Å²) in [5, 5.41) is 9.62. The maximum absolute atomic E-state index is 13.6. The quantitative estimate of drug-likeness (QED) is 0.371. The first kappa shape index (κ1) is 21.0. The van der Waals surface area contributed by atoms with E-state index < -0.39 is 0 Å². The zero-order chi connectivity index (χ0) is 22.6. The van der Waals surface area contributed by atoms with Gasteiger partial charge in [-0.05, 0) is 23.3 Å². The lowest BCUT2D eigenvalue weighted by atomic mass is 9.90. The minimum Gasteiger partial charge on any atom is -0.355 e. The predicted octanol–water partition coefficient (Wildman–Crippen LogP) is 5.09. The van der Waals surface area contributed by atoms with Crippen LogP contribution < -0.4 is 5.32 Å². The first-order valence-electron chi connectivity index (χ1n) is 10.7. The Kier molecular flexibility index (Phi) is 5.95. The minimum absolute atomic E-state index is 0.0436. The van der Waals surface area contributed by atoms with Gasteiger partial charge in [0.25, 0.3) is 0 Å². The summed E-state index contributed by atoms with van der Waals surface area (Å²) >= 11 is 1.48. The average Bonchev–Trinajstić information content (AvgIpc) is 3.43. The fourth-order valence-corrected chi connectivity index (χ4v) is 4.70. The number of nitrogens with zero attached hydrogens (tertiary/aromatic N) is 3. The van der Waals surface area contributed by atoms with Gasteiger partial charge in [-0.3, -0.25) is 4.79 Å². The molecular weight excluding hydrogens is 435 g/mol. The maximum atomic E-state index is 13.6. The number of carbonyl (C=O) groups excluding carboxylic acids is 1. The van der Waals surface area contributed by atoms with Crippen molar-refractivity contribution in [2.75, 3.05) is 6.54 Å². The molecule has 2 heterocycles. The first-order valence-corrected chi connectivity index (χ1v) is 11.5. The Hall–Kier alpha value is -3.84. The molecule has 5 rings (SSSR count). The number of benzene rings is 3. The van der Waals surface area contributed by atoms with Gasteiger partial charge in [0.15, 0.2) is 5.82 Å². The highest BCUT2D eigenvalue weighted by atomic mass is 32.1. The van der Waals surface area contributed by atoms with Crippen molar-refractivity contribution in [3.8, 4) is 11.4 Å². The van der Waals surface area contributed by atoms with Crippen LogP contribution in [0.5, 0.6) is 0 Å². The monoisotopic (exact) mass is 456 g/mol. The van der Waals surface area contributed by atoms with Crippen LogP contribution >= 0.6 is 11.3 Å². The lowest BCUT2D eigenvalue weighted by molar-refractivity contribution is -0.121. The molecule has 164 valence electrons. The molecule has 5 nitrogen and oxygen atoms in total. The van der Waals surface area contributed by atoms with Crippen LogP contribution in [0, 0.1) is 5.82 Å². The number of carbonyl (C=O) groups is 1. The predicted molar refractivity (Wildman–Crippen MR) is 128 cm³/mol. The first-order chi connectivity index (χ1) is 16.2. The number of fused-ring (bicyclic) bond motifs is 1. The van der Waals surface area contributed by atoms with E-state index in [9.17, 15) is 9.18 Å². The SMILES string of the molecule is O=C(NCCc1csc2nc(-c3cccc(F)c3)nn12)C(c1ccccc1)c1ccccc1. The molecule has 1 amide bonds. The minimum atomic E-state index is -0.374. The second-order valence-corrected chi connectivity index (χ2v) is 8.50. The molecule has 0 saturated heterocycles. The summed E-state index contributed by atoms with van der Waals surface area (Å²) in [5.74, 6) is -0.251. The number of amides is 1. The third kappa shape index (κ3) is 4.54. The Morgan fingerprint density at radius 1 is 0.970 bits per heavy atom. The van der Waals surface area contributed by atoms with E-state index in [0.29, 0.717) is 24.4 Å². The number of hydrogen-bond acceptors (Lipinski definition) is 4. The molecule has 0 unspecified atom stereocenters. The fraction of sp³-hybridized carbons (Fsp3) is 0.115. The molecule has 0 bridgehead atoms. The highest BCUT2D eigenvalue weighted by Gasteiger charge is 2.22. The van der Waals surface area contributed by atoms with Crippen molar-refractivity contribution >= 4 is 22.2 Å². The smallest absolute Gasteiger partial charge is 0.232 e. The van der Waals surface area contributed by atoms with Crippen LogP contribution in [0.2, 0.25) is 0 Å². The van der Waals surface area contributed by atoms with Crippen LogP contribution in [-0.4, -0.2) is 27.0 Å². The van der Waals surface area contributed by atoms with Gasteiger partial charge in [-0.25, -0.2) is 8.91 Å². The zero-order valence-electron chi connectivity index (χ0n) is 17.7. The summed E-state index contributed by atoms with van der Waals surface area (Å²) in [6, 6.07) is 25.8. The van der Waals surface area contributed by atoms with E-state index in [4.69, 9.17) is 0 Å². The summed E-state index contributed by atoms with van der Waals surface area (Å²) in [6.07, 6.45) is 0.605. The topological polar surface area (TPSA) is 59.3 Å². The van der Waals surface area contributed by atoms with Gasteiger partial charge in [0.1, 0.15) is 5.82 Å². The molecule has 0 spiro atoms. The second-order valence-electron chi connectivity index (χ2n) is 7.66. The van der Waals surface area contributed by atoms with Crippen LogP contribution in [0.4, 0.5) is 4.39 Å². The molecule has 7 heteroatoms. The van der Waals surface area contributed by atoms with Crippen LogP contribution in [0.25, 0.3) is 16.3 Å². The van der Waals surface area contributed by atoms with Crippen LogP contribution in [0.1, 0.15) is 22.7 Å². The Morgan fingerprint density at radius 3 is 2.33 bits per heavy atom. The Morgan fingerprint density at radius 2 is 1.67 bits per heavy atom. The standard InChI is InChI=1S/C26H21FN4OS/c27-21-13-7-12-20(16-21)24-29-26-31(30-24)22(17-33-26)14-15-28-25(32)23(18-8-3-1-4-9-18)19-10-5-2-6-11-19/h1-13,16-17,23H,14-15H2,(H,28,32). The van der Waals surface area contributed by atoms with E-state index >= 15 is 0 Å². The second kappa shape index (κ2) is 9.34. The lowest BCUT2D eigenvalue weighted by Gasteiger charge is -2.17. The van der Waals surface area contributed by atoms with Crippen molar-refractivity contribution in [3.05, 3.63) is 113 Å². The largest absolute Gasteiger partial charge is 0.355 e. The van der Waals surface area contributed by atoms with Crippen molar-refractivity contribution in [1.82, 2.24) is 19.9 Å². The third-order valence-corrected chi connectivity index (χ3v) is 6.31. The van der Waals surface area contributed by atoms with Gasteiger partial charge >= 0.3 is 0 Å². The number of rotatable bonds is 7. The van der Waals surface area contributed by atoms with Crippen molar-refractivity contribution in [1.29, 1.82) is 0 Å². The molecular formula is C26H21FN4OS. The Labute approximate surface area is 194 Å². The molecule has 5 aromatic rings. The summed E-state index contributed by atoms with van der Waals surface area (Å²) in [7, 11) is 0. The van der Waals surface area contributed by atoms with E-state index in [2.05, 4.69) is 15.4 Å². The van der Waals surface area contributed by atoms with Crippen molar-refractivity contribution in [2.24, 2.45) is 0 Å². The molecule has 2 aromatic heterocycles. The van der Waals surface area contributed by atoms with Gasteiger partial charge in [-0.15, -0.1) is 16.4 Å². The summed E-state index contributed by atoms with van der Waals surface area (Å²) < 4.78 is 15.3. The molecule has 1 N–H and O–H groups in total. The van der Waals surface area contributed by atoms with Crippen LogP contribution in [0.15, 0.2) is 90.3 Å². The van der Waals surface area contributed by atoms with Crippen LogP contribution in [-0.2, 0) is 11.2 Å². The molecule has 0 aliphatic carbocycles. The number of hydrogen-bond donors (Lipinski definition) is 1. The molecule has 0 atom stereocenters. The van der Waals surface area contributed by atoms with Crippen LogP contribution in [0.3, 0.4) is 0 Å². The maximum Gasteiger partial charge on any atom is 0.232 e. The van der Waals surface area contributed by atoms with Gasteiger partial charge in [-0.1, -0.05) is 72.8 Å². The van der Waals surface area contributed by atoms with E-state index in [1.54, 1.807) is 16.6 Å². The number of nitrogens with one attached hydrogen (secondary N) is 1. The van der Waals surface area contributed by atoms with E-state index in [0.717, 1.165) is 21.8 Å². The van der Waals surface area contributed by atoms with Crippen molar-refractivity contribution < 1.29 is 9.18 Å². The van der Waals surface area contributed by atoms with E-state index in [1.165, 1.54) is 23.5 Å². The highest BCUT2D eigenvalue weighted by molar-refractivity contribution is 7.15. The van der Waals surface area contributed by atoms with Crippen molar-refractivity contribution in [3.63, 3.8) is 0 Å². The number of halogens is 1. The molecule has 0 saturated carbocycles. The van der Waals surface area contributed by atoms with E-state index in [-0.39, 0.29) is 17.6 Å². The fourth-order valence-electron chi connectivity index (χ4n) is 3.85. The molecule has 0 radical (unpaired) electrons. The molecule has 0 fully saturated rings. The lowest BCUT2D eigenvalue weighted by Crippen LogP contribution is -2.31. The average molecular weight is 457 g/mol. The molecule has 0 aliphatic heterocycles. The molecule has 3 aromatic carbocycles. The summed E-state index contributed by atoms with van der Waals surface area (Å²) in [6.45, 7) is 0.468. The summed E-state index contributed by atoms with van der Waals surface area (Å²) in [5.41, 5.74) is 3.49. The number of aromatic nitrogens is 3. The zero-order valence-corrected chi connectivity index (χ0v) is 18.5. The molecule has 0 aliphatic rings. The summed E-state index contributed by atoms with van der Waals surface area (Å²) in [4.78, 5) is 18.4. The van der Waals surface area contributed by atoms with Gasteiger partial charge < -0.3 is 5.32 Å². The van der Waals surface area contributed by atoms with Gasteiger partial charge in [0.2, 0.25) is 10.9 Å². The number of thiazole rings is 1. The van der Waals surface area contributed by atoms with Gasteiger partial charge in [0, 0.05) is 23.9 Å². The Bertz CT molecular complexity index is 1340. The Balaban J connectivity index is 1.31. The third-order valence-electron chi connectivity index (χ3n) is 5.44. The van der Waals surface area contributed by atoms with E-state index in [1.807, 2.05) is 66.0 Å². The van der Waals surface area contributed by atoms with Crippen molar-refractivity contribution in [2.45, 2.75) is 12.3 Å². The highest BCUT2D eigenvalue weighted by Crippen LogP contribution is 2.25. The molecule has 33 heavy (non-hydrogen) atoms. The van der Waals surface area contributed by atoms with Gasteiger partial charge in [0.05, 0.1) is 11.6 Å². The van der Waals surface area contributed by atoms with Gasteiger partial charge in [-0.2, -0.15) is 4.98 Å².